The Bertz CT molecular complexity index is 464. The van der Waals surface area contributed by atoms with Crippen LogP contribution < -0.4 is 5.73 Å². The van der Waals surface area contributed by atoms with E-state index in [9.17, 15) is 0 Å². The molecule has 2 heterocycles. The molecule has 16 heavy (non-hydrogen) atoms. The molecule has 2 N–H and O–H groups in total. The van der Waals surface area contributed by atoms with Gasteiger partial charge in [-0.25, -0.2) is 4.98 Å². The number of hydrogen-bond donors (Lipinski definition) is 1. The van der Waals surface area contributed by atoms with E-state index in [1.54, 1.807) is 22.7 Å². The maximum absolute atomic E-state index is 5.61. The van der Waals surface area contributed by atoms with Crippen molar-refractivity contribution in [3.8, 4) is 10.6 Å². The Kier molecular flexibility index (Phi) is 4.13. The van der Waals surface area contributed by atoms with Gasteiger partial charge in [0.25, 0.3) is 0 Å². The summed E-state index contributed by atoms with van der Waals surface area (Å²) in [7, 11) is 0. The van der Waals surface area contributed by atoms with Crippen molar-refractivity contribution in [2.24, 2.45) is 11.7 Å². The first kappa shape index (κ1) is 12.2. The molecule has 0 fully saturated rings. The summed E-state index contributed by atoms with van der Waals surface area (Å²) in [6.45, 7) is 2.88. The van der Waals surface area contributed by atoms with E-state index in [4.69, 9.17) is 5.73 Å². The van der Waals surface area contributed by atoms with Gasteiger partial charge in [0.05, 0.1) is 15.6 Å². The van der Waals surface area contributed by atoms with Crippen LogP contribution in [-0.4, -0.2) is 11.5 Å². The minimum absolute atomic E-state index is 0.508. The zero-order valence-corrected chi connectivity index (χ0v) is 12.2. The normalized spacial score (nSPS) is 12.9. The summed E-state index contributed by atoms with van der Waals surface area (Å²) in [6.07, 6.45) is 0.980. The van der Waals surface area contributed by atoms with Crippen LogP contribution in [0.2, 0.25) is 0 Å². The molecule has 2 rings (SSSR count). The molecule has 0 spiro atoms. The molecule has 0 aliphatic rings. The summed E-state index contributed by atoms with van der Waals surface area (Å²) >= 11 is 6.89. The first-order chi connectivity index (χ1) is 7.69. The molecule has 0 amide bonds. The van der Waals surface area contributed by atoms with Gasteiger partial charge in [0.15, 0.2) is 0 Å². The molecule has 0 aromatic carbocycles. The van der Waals surface area contributed by atoms with Crippen molar-refractivity contribution in [1.29, 1.82) is 0 Å². The predicted octanol–water partition coefficient (Wildman–Crippen LogP) is 3.77. The minimum atomic E-state index is 0.508. The van der Waals surface area contributed by atoms with Crippen molar-refractivity contribution in [2.75, 3.05) is 6.54 Å². The summed E-state index contributed by atoms with van der Waals surface area (Å²) in [5, 5.41) is 5.38. The van der Waals surface area contributed by atoms with Crippen LogP contribution in [0.3, 0.4) is 0 Å². The summed E-state index contributed by atoms with van der Waals surface area (Å²) in [5.74, 6) is 0.508. The lowest BCUT2D eigenvalue weighted by Gasteiger charge is -2.03. The van der Waals surface area contributed by atoms with Gasteiger partial charge in [-0.1, -0.05) is 6.92 Å². The Morgan fingerprint density at radius 1 is 1.44 bits per heavy atom. The maximum atomic E-state index is 5.61. The quantitative estimate of drug-likeness (QED) is 0.932. The fourth-order valence-electron chi connectivity index (χ4n) is 1.35. The third-order valence-corrected chi connectivity index (χ3v) is 4.88. The molecule has 0 aliphatic heterocycles. The number of hydrogen-bond acceptors (Lipinski definition) is 4. The lowest BCUT2D eigenvalue weighted by molar-refractivity contribution is 0.591. The molecule has 1 atom stereocenters. The van der Waals surface area contributed by atoms with Crippen LogP contribution in [0.15, 0.2) is 21.3 Å². The van der Waals surface area contributed by atoms with Crippen molar-refractivity contribution >= 4 is 38.6 Å². The Hall–Kier alpha value is -0.230. The van der Waals surface area contributed by atoms with E-state index in [2.05, 4.69) is 44.7 Å². The van der Waals surface area contributed by atoms with Gasteiger partial charge in [0.1, 0.15) is 0 Å². The lowest BCUT2D eigenvalue weighted by Crippen LogP contribution is -2.12. The van der Waals surface area contributed by atoms with Gasteiger partial charge < -0.3 is 5.73 Å². The number of thiophene rings is 1. The van der Waals surface area contributed by atoms with Crippen molar-refractivity contribution < 1.29 is 0 Å². The second-order valence-electron chi connectivity index (χ2n) is 3.80. The van der Waals surface area contributed by atoms with Crippen LogP contribution in [0, 0.1) is 5.92 Å². The predicted molar refractivity (Wildman–Crippen MR) is 75.0 cm³/mol. The number of thiazole rings is 1. The van der Waals surface area contributed by atoms with Crippen molar-refractivity contribution in [3.05, 3.63) is 26.3 Å². The number of halogens is 1. The fourth-order valence-corrected chi connectivity index (χ4v) is 3.77. The second-order valence-corrected chi connectivity index (χ2v) is 6.57. The third kappa shape index (κ3) is 2.91. The summed E-state index contributed by atoms with van der Waals surface area (Å²) in [5.41, 5.74) is 6.70. The molecule has 2 aromatic rings. The van der Waals surface area contributed by atoms with Gasteiger partial charge in [-0.05, 0) is 34.5 Å². The highest BCUT2D eigenvalue weighted by molar-refractivity contribution is 9.10. The molecule has 0 saturated carbocycles. The lowest BCUT2D eigenvalue weighted by atomic mass is 10.1. The van der Waals surface area contributed by atoms with Gasteiger partial charge in [-0.3, -0.25) is 0 Å². The second kappa shape index (κ2) is 5.40. The van der Waals surface area contributed by atoms with Crippen molar-refractivity contribution in [1.82, 2.24) is 4.98 Å². The van der Waals surface area contributed by atoms with Gasteiger partial charge >= 0.3 is 0 Å². The average Bonchev–Trinajstić information content (AvgIpc) is 2.87. The standard InChI is InChI=1S/C11H13BrN2S2/c1-7(4-13)2-11-14-9(6-16-11)10-3-8(12)5-15-10/h3,5-7H,2,4,13H2,1H3. The van der Waals surface area contributed by atoms with Gasteiger partial charge in [0.2, 0.25) is 0 Å². The first-order valence-electron chi connectivity index (χ1n) is 5.08. The molecular weight excluding hydrogens is 304 g/mol. The highest BCUT2D eigenvalue weighted by atomic mass is 79.9. The van der Waals surface area contributed by atoms with E-state index in [1.807, 2.05) is 0 Å². The van der Waals surface area contributed by atoms with Gasteiger partial charge in [-0.15, -0.1) is 22.7 Å². The molecule has 0 saturated heterocycles. The van der Waals surface area contributed by atoms with E-state index < -0.39 is 0 Å². The number of nitrogens with zero attached hydrogens (tertiary/aromatic N) is 1. The Morgan fingerprint density at radius 2 is 2.25 bits per heavy atom. The van der Waals surface area contributed by atoms with Crippen molar-refractivity contribution in [2.45, 2.75) is 13.3 Å². The Morgan fingerprint density at radius 3 is 2.88 bits per heavy atom. The fraction of sp³-hybridized carbons (Fsp3) is 0.364. The zero-order valence-electron chi connectivity index (χ0n) is 8.94. The zero-order chi connectivity index (χ0) is 11.5. The summed E-state index contributed by atoms with van der Waals surface area (Å²) in [6, 6.07) is 2.11. The molecule has 2 aromatic heterocycles. The molecule has 5 heteroatoms. The number of aromatic nitrogens is 1. The van der Waals surface area contributed by atoms with Crippen LogP contribution in [-0.2, 0) is 6.42 Å². The van der Waals surface area contributed by atoms with Crippen LogP contribution in [0.5, 0.6) is 0 Å². The van der Waals surface area contributed by atoms with Gasteiger partial charge in [0, 0.05) is 21.7 Å². The van der Waals surface area contributed by atoms with E-state index in [0.717, 1.165) is 23.1 Å². The summed E-state index contributed by atoms with van der Waals surface area (Å²) < 4.78 is 1.12. The number of rotatable bonds is 4. The van der Waals surface area contributed by atoms with E-state index in [1.165, 1.54) is 9.88 Å². The molecule has 1 unspecified atom stereocenters. The smallest absolute Gasteiger partial charge is 0.0936 e. The van der Waals surface area contributed by atoms with Crippen LogP contribution in [0.25, 0.3) is 10.6 Å². The van der Waals surface area contributed by atoms with Crippen LogP contribution >= 0.6 is 38.6 Å². The molecule has 0 radical (unpaired) electrons. The monoisotopic (exact) mass is 316 g/mol. The minimum Gasteiger partial charge on any atom is -0.330 e. The topological polar surface area (TPSA) is 38.9 Å². The number of nitrogens with two attached hydrogens (primary N) is 1. The Labute approximate surface area is 112 Å². The maximum Gasteiger partial charge on any atom is 0.0936 e. The first-order valence-corrected chi connectivity index (χ1v) is 7.63. The highest BCUT2D eigenvalue weighted by Crippen LogP contribution is 2.31. The molecule has 0 bridgehead atoms. The van der Waals surface area contributed by atoms with E-state index >= 15 is 0 Å². The molecule has 0 aliphatic carbocycles. The van der Waals surface area contributed by atoms with E-state index in [0.29, 0.717) is 5.92 Å². The SMILES string of the molecule is CC(CN)Cc1nc(-c2cc(Br)cs2)cs1. The largest absolute Gasteiger partial charge is 0.330 e. The molecule has 86 valence electrons. The third-order valence-electron chi connectivity index (χ3n) is 2.30. The van der Waals surface area contributed by atoms with E-state index in [-0.39, 0.29) is 0 Å². The van der Waals surface area contributed by atoms with Crippen LogP contribution in [0.1, 0.15) is 11.9 Å². The summed E-state index contributed by atoms with van der Waals surface area (Å²) in [4.78, 5) is 5.85. The van der Waals surface area contributed by atoms with Crippen LogP contribution in [0.4, 0.5) is 0 Å². The average molecular weight is 317 g/mol. The van der Waals surface area contributed by atoms with Crippen molar-refractivity contribution in [3.63, 3.8) is 0 Å². The van der Waals surface area contributed by atoms with Gasteiger partial charge in [-0.2, -0.15) is 0 Å². The Balaban J connectivity index is 2.13. The molecular formula is C11H13BrN2S2. The highest BCUT2D eigenvalue weighted by Gasteiger charge is 2.09. The molecule has 2 nitrogen and oxygen atoms in total.